The van der Waals surface area contributed by atoms with Crippen LogP contribution in [0, 0.1) is 13.8 Å². The van der Waals surface area contributed by atoms with Crippen LogP contribution in [0.1, 0.15) is 44.6 Å². The zero-order valence-corrected chi connectivity index (χ0v) is 15.6. The van der Waals surface area contributed by atoms with Crippen molar-refractivity contribution < 1.29 is 23.8 Å². The molecular weight excluding hydrogens is 334 g/mol. The van der Waals surface area contributed by atoms with Crippen molar-refractivity contribution in [3.8, 4) is 11.5 Å². The molecule has 0 aliphatic rings. The summed E-state index contributed by atoms with van der Waals surface area (Å²) in [5, 5.41) is 0. The van der Waals surface area contributed by atoms with Gasteiger partial charge in [-0.1, -0.05) is 12.1 Å². The van der Waals surface area contributed by atoms with Crippen molar-refractivity contribution >= 4 is 17.8 Å². The Morgan fingerprint density at radius 2 is 1.81 bits per heavy atom. The number of aryl methyl sites for hydroxylation is 1. The summed E-state index contributed by atoms with van der Waals surface area (Å²) in [5.41, 5.74) is 2.81. The van der Waals surface area contributed by atoms with E-state index < -0.39 is 5.97 Å². The van der Waals surface area contributed by atoms with E-state index in [9.17, 15) is 9.59 Å². The highest BCUT2D eigenvalue weighted by molar-refractivity contribution is 6.10. The monoisotopic (exact) mass is 357 g/mol. The first-order chi connectivity index (χ1) is 12.4. The lowest BCUT2D eigenvalue weighted by atomic mass is 10.0. The first-order valence-corrected chi connectivity index (χ1v) is 8.23. The maximum absolute atomic E-state index is 12.6. The third-order valence-corrected chi connectivity index (χ3v) is 4.00. The number of allylic oxidation sites excluding steroid dienone is 1. The normalized spacial score (nSPS) is 10.8. The van der Waals surface area contributed by atoms with E-state index >= 15 is 0 Å². The number of esters is 1. The predicted octanol–water partition coefficient (Wildman–Crippen LogP) is 3.72. The smallest absolute Gasteiger partial charge is 0.355 e. The summed E-state index contributed by atoms with van der Waals surface area (Å²) in [7, 11) is 3.12. The van der Waals surface area contributed by atoms with Crippen LogP contribution in [-0.4, -0.2) is 37.6 Å². The Morgan fingerprint density at radius 1 is 1.12 bits per heavy atom. The van der Waals surface area contributed by atoms with Gasteiger partial charge in [-0.2, -0.15) is 0 Å². The van der Waals surface area contributed by atoms with Crippen LogP contribution < -0.4 is 9.47 Å². The van der Waals surface area contributed by atoms with E-state index in [4.69, 9.17) is 14.2 Å². The number of ether oxygens (including phenoxy) is 3. The summed E-state index contributed by atoms with van der Waals surface area (Å²) < 4.78 is 15.5. The number of methoxy groups -OCH3 is 2. The Kier molecular flexibility index (Phi) is 6.22. The number of H-pyrrole nitrogens is 1. The average molecular weight is 357 g/mol. The zero-order valence-electron chi connectivity index (χ0n) is 15.6. The van der Waals surface area contributed by atoms with Gasteiger partial charge in [0.15, 0.2) is 17.3 Å². The Bertz CT molecular complexity index is 848. The van der Waals surface area contributed by atoms with Crippen molar-refractivity contribution in [2.45, 2.75) is 20.8 Å². The Balaban J connectivity index is 2.28. The minimum Gasteiger partial charge on any atom is -0.493 e. The van der Waals surface area contributed by atoms with Gasteiger partial charge in [0, 0.05) is 11.3 Å². The molecule has 0 amide bonds. The number of carbonyl (C=O) groups excluding carboxylic acids is 2. The van der Waals surface area contributed by atoms with Gasteiger partial charge >= 0.3 is 5.97 Å². The summed E-state index contributed by atoms with van der Waals surface area (Å²) >= 11 is 0. The van der Waals surface area contributed by atoms with Crippen LogP contribution in [0.5, 0.6) is 11.5 Å². The van der Waals surface area contributed by atoms with E-state index in [2.05, 4.69) is 4.98 Å². The summed E-state index contributed by atoms with van der Waals surface area (Å²) in [5.74, 6) is 0.547. The number of aromatic amines is 1. The first-order valence-electron chi connectivity index (χ1n) is 8.23. The molecule has 2 rings (SSSR count). The lowest BCUT2D eigenvalue weighted by molar-refractivity contribution is 0.0519. The molecule has 0 saturated heterocycles. The quantitative estimate of drug-likeness (QED) is 0.464. The van der Waals surface area contributed by atoms with E-state index in [-0.39, 0.29) is 12.4 Å². The average Bonchev–Trinajstić information content (AvgIpc) is 2.94. The maximum atomic E-state index is 12.6. The highest BCUT2D eigenvalue weighted by atomic mass is 16.5. The van der Waals surface area contributed by atoms with Crippen molar-refractivity contribution in [1.29, 1.82) is 0 Å². The van der Waals surface area contributed by atoms with Gasteiger partial charge in [0.1, 0.15) is 5.69 Å². The molecule has 0 saturated carbocycles. The molecule has 1 N–H and O–H groups in total. The number of hydrogen-bond acceptors (Lipinski definition) is 5. The molecule has 1 aromatic heterocycles. The first kappa shape index (κ1) is 19.3. The van der Waals surface area contributed by atoms with Crippen LogP contribution in [0.15, 0.2) is 24.3 Å². The molecule has 6 nitrogen and oxygen atoms in total. The minimum absolute atomic E-state index is 0.193. The van der Waals surface area contributed by atoms with Crippen LogP contribution in [0.25, 0.3) is 6.08 Å². The number of carbonyl (C=O) groups is 2. The number of nitrogens with one attached hydrogen (secondary N) is 1. The van der Waals surface area contributed by atoms with Crippen molar-refractivity contribution in [1.82, 2.24) is 4.98 Å². The molecule has 0 atom stereocenters. The Hall–Kier alpha value is -3.02. The SMILES string of the molecule is CCOC(=O)c1[nH]c(C)c(C(=O)/C=C/c2ccc(OC)c(OC)c2)c1C. The second-order valence-electron chi connectivity index (χ2n) is 5.66. The van der Waals surface area contributed by atoms with Crippen molar-refractivity contribution in [3.63, 3.8) is 0 Å². The highest BCUT2D eigenvalue weighted by Gasteiger charge is 2.21. The molecule has 1 heterocycles. The number of ketones is 1. The molecule has 2 aromatic rings. The van der Waals surface area contributed by atoms with Gasteiger partial charge in [0.25, 0.3) is 0 Å². The fraction of sp³-hybridized carbons (Fsp3) is 0.300. The van der Waals surface area contributed by atoms with Crippen LogP contribution in [-0.2, 0) is 4.74 Å². The standard InChI is InChI=1S/C20H23NO5/c1-6-26-20(23)19-12(2)18(13(3)21-19)15(22)9-7-14-8-10-16(24-4)17(11-14)25-5/h7-11,21H,6H2,1-5H3/b9-7+. The number of aromatic nitrogens is 1. The van der Waals surface area contributed by atoms with E-state index in [0.717, 1.165) is 5.56 Å². The highest BCUT2D eigenvalue weighted by Crippen LogP contribution is 2.28. The van der Waals surface area contributed by atoms with Crippen LogP contribution >= 0.6 is 0 Å². The van der Waals surface area contributed by atoms with Crippen molar-refractivity contribution in [2.24, 2.45) is 0 Å². The lowest BCUT2D eigenvalue weighted by Gasteiger charge is -2.07. The molecule has 0 aliphatic carbocycles. The fourth-order valence-corrected chi connectivity index (χ4v) is 2.74. The molecule has 0 unspecified atom stereocenters. The van der Waals surface area contributed by atoms with Crippen LogP contribution in [0.3, 0.4) is 0 Å². The largest absolute Gasteiger partial charge is 0.493 e. The second-order valence-corrected chi connectivity index (χ2v) is 5.66. The van der Waals surface area contributed by atoms with Crippen LogP contribution in [0.4, 0.5) is 0 Å². The van der Waals surface area contributed by atoms with E-state index in [1.165, 1.54) is 6.08 Å². The molecular formula is C20H23NO5. The molecule has 0 fully saturated rings. The maximum Gasteiger partial charge on any atom is 0.355 e. The third-order valence-electron chi connectivity index (χ3n) is 4.00. The molecule has 6 heteroatoms. The third kappa shape index (κ3) is 3.96. The minimum atomic E-state index is -0.462. The van der Waals surface area contributed by atoms with Gasteiger partial charge in [-0.25, -0.2) is 4.79 Å². The van der Waals surface area contributed by atoms with Gasteiger partial charge in [-0.15, -0.1) is 0 Å². The summed E-state index contributed by atoms with van der Waals surface area (Å²) in [6.07, 6.45) is 3.17. The molecule has 26 heavy (non-hydrogen) atoms. The summed E-state index contributed by atoms with van der Waals surface area (Å²) in [6.45, 7) is 5.50. The molecule has 0 aliphatic heterocycles. The van der Waals surface area contributed by atoms with Crippen molar-refractivity contribution in [3.05, 3.63) is 52.4 Å². The van der Waals surface area contributed by atoms with Crippen molar-refractivity contribution in [2.75, 3.05) is 20.8 Å². The summed E-state index contributed by atoms with van der Waals surface area (Å²) in [4.78, 5) is 27.5. The predicted molar refractivity (Wildman–Crippen MR) is 99.1 cm³/mol. The number of rotatable bonds is 7. The van der Waals surface area contributed by atoms with E-state index in [0.29, 0.717) is 34.0 Å². The zero-order chi connectivity index (χ0) is 19.3. The van der Waals surface area contributed by atoms with Gasteiger partial charge in [-0.3, -0.25) is 4.79 Å². The van der Waals surface area contributed by atoms with Crippen LogP contribution in [0.2, 0.25) is 0 Å². The van der Waals surface area contributed by atoms with E-state index in [1.54, 1.807) is 53.2 Å². The molecule has 1 aromatic carbocycles. The topological polar surface area (TPSA) is 77.6 Å². The Labute approximate surface area is 152 Å². The fourth-order valence-electron chi connectivity index (χ4n) is 2.74. The summed E-state index contributed by atoms with van der Waals surface area (Å²) in [6, 6.07) is 5.38. The molecule has 0 spiro atoms. The van der Waals surface area contributed by atoms with Gasteiger partial charge in [0.05, 0.1) is 20.8 Å². The lowest BCUT2D eigenvalue weighted by Crippen LogP contribution is -2.07. The van der Waals surface area contributed by atoms with E-state index in [1.807, 2.05) is 6.07 Å². The number of benzene rings is 1. The number of hydrogen-bond donors (Lipinski definition) is 1. The van der Waals surface area contributed by atoms with Gasteiger partial charge in [0.2, 0.25) is 0 Å². The van der Waals surface area contributed by atoms with Gasteiger partial charge in [-0.05, 0) is 50.1 Å². The van der Waals surface area contributed by atoms with Gasteiger partial charge < -0.3 is 19.2 Å². The Morgan fingerprint density at radius 3 is 2.42 bits per heavy atom. The molecule has 138 valence electrons. The second kappa shape index (κ2) is 8.38. The molecule has 0 radical (unpaired) electrons. The molecule has 0 bridgehead atoms.